The van der Waals surface area contributed by atoms with Crippen molar-refractivity contribution in [3.8, 4) is 0 Å². The van der Waals surface area contributed by atoms with Crippen LogP contribution in [0.1, 0.15) is 35.7 Å². The lowest BCUT2D eigenvalue weighted by atomic mass is 9.87. The number of carbonyl (C=O) groups is 1. The number of nitrogens with one attached hydrogen (secondary N) is 1. The number of Topliss-reactive ketones (excluding diaryl/α,β-unsaturated/α-hetero) is 1. The van der Waals surface area contributed by atoms with Crippen LogP contribution in [0.2, 0.25) is 0 Å². The standard InChI is InChI=1S/C14H19NO2/c1-11(16)13-5-3-12(4-6-13)9-14(17)7-2-8-15-10-14/h3-6,15,17H,2,7-10H2,1H3. The van der Waals surface area contributed by atoms with E-state index in [1.165, 1.54) is 0 Å². The predicted molar refractivity (Wildman–Crippen MR) is 67.2 cm³/mol. The van der Waals surface area contributed by atoms with Crippen molar-refractivity contribution in [1.82, 2.24) is 5.32 Å². The van der Waals surface area contributed by atoms with Gasteiger partial charge < -0.3 is 10.4 Å². The van der Waals surface area contributed by atoms with Crippen LogP contribution in [0.4, 0.5) is 0 Å². The molecule has 2 rings (SSSR count). The number of piperidine rings is 1. The van der Waals surface area contributed by atoms with Crippen molar-refractivity contribution in [3.63, 3.8) is 0 Å². The summed E-state index contributed by atoms with van der Waals surface area (Å²) in [4.78, 5) is 11.2. The third-order valence-corrected chi connectivity index (χ3v) is 3.34. The molecule has 1 aliphatic rings. The molecule has 1 aliphatic heterocycles. The van der Waals surface area contributed by atoms with Crippen molar-refractivity contribution >= 4 is 5.78 Å². The van der Waals surface area contributed by atoms with E-state index >= 15 is 0 Å². The molecule has 1 aromatic carbocycles. The molecule has 0 bridgehead atoms. The molecule has 1 aromatic rings. The van der Waals surface area contributed by atoms with Gasteiger partial charge in [-0.25, -0.2) is 0 Å². The fraction of sp³-hybridized carbons (Fsp3) is 0.500. The summed E-state index contributed by atoms with van der Waals surface area (Å²) in [7, 11) is 0. The second kappa shape index (κ2) is 4.98. The summed E-state index contributed by atoms with van der Waals surface area (Å²) in [5.74, 6) is 0.0783. The minimum atomic E-state index is -0.629. The lowest BCUT2D eigenvalue weighted by Crippen LogP contribution is -2.47. The van der Waals surface area contributed by atoms with Gasteiger partial charge >= 0.3 is 0 Å². The minimum Gasteiger partial charge on any atom is -0.388 e. The maximum Gasteiger partial charge on any atom is 0.159 e. The lowest BCUT2D eigenvalue weighted by molar-refractivity contribution is 0.0169. The summed E-state index contributed by atoms with van der Waals surface area (Å²) < 4.78 is 0. The van der Waals surface area contributed by atoms with Crippen LogP contribution in [-0.2, 0) is 6.42 Å². The van der Waals surface area contributed by atoms with Gasteiger partial charge in [0, 0.05) is 18.5 Å². The molecule has 0 aromatic heterocycles. The van der Waals surface area contributed by atoms with E-state index in [0.29, 0.717) is 13.0 Å². The highest BCUT2D eigenvalue weighted by Gasteiger charge is 2.29. The second-order valence-corrected chi connectivity index (χ2v) is 4.93. The van der Waals surface area contributed by atoms with Crippen molar-refractivity contribution in [3.05, 3.63) is 35.4 Å². The molecule has 1 unspecified atom stereocenters. The molecule has 1 fully saturated rings. The Morgan fingerprint density at radius 3 is 2.65 bits per heavy atom. The van der Waals surface area contributed by atoms with Crippen molar-refractivity contribution < 1.29 is 9.90 Å². The molecular weight excluding hydrogens is 214 g/mol. The maximum absolute atomic E-state index is 11.2. The SMILES string of the molecule is CC(=O)c1ccc(CC2(O)CCCNC2)cc1. The number of rotatable bonds is 3. The molecule has 92 valence electrons. The van der Waals surface area contributed by atoms with Crippen LogP contribution in [0.15, 0.2) is 24.3 Å². The number of benzene rings is 1. The summed E-state index contributed by atoms with van der Waals surface area (Å²) in [6.07, 6.45) is 2.51. The Hall–Kier alpha value is -1.19. The molecular formula is C14H19NO2. The molecule has 17 heavy (non-hydrogen) atoms. The molecule has 1 atom stereocenters. The molecule has 0 saturated carbocycles. The fourth-order valence-corrected chi connectivity index (χ4v) is 2.34. The van der Waals surface area contributed by atoms with Gasteiger partial charge in [-0.05, 0) is 31.9 Å². The molecule has 1 heterocycles. The highest BCUT2D eigenvalue weighted by molar-refractivity contribution is 5.93. The van der Waals surface area contributed by atoms with E-state index in [-0.39, 0.29) is 5.78 Å². The van der Waals surface area contributed by atoms with Crippen LogP contribution >= 0.6 is 0 Å². The first-order valence-corrected chi connectivity index (χ1v) is 6.12. The molecule has 3 heteroatoms. The average Bonchev–Trinajstić information content (AvgIpc) is 2.30. The Kier molecular flexibility index (Phi) is 3.60. The van der Waals surface area contributed by atoms with Crippen LogP contribution in [0.3, 0.4) is 0 Å². The second-order valence-electron chi connectivity index (χ2n) is 4.93. The van der Waals surface area contributed by atoms with E-state index in [1.807, 2.05) is 24.3 Å². The average molecular weight is 233 g/mol. The van der Waals surface area contributed by atoms with E-state index in [1.54, 1.807) is 6.92 Å². The summed E-state index contributed by atoms with van der Waals surface area (Å²) in [5.41, 5.74) is 1.18. The summed E-state index contributed by atoms with van der Waals surface area (Å²) >= 11 is 0. The molecule has 0 amide bonds. The predicted octanol–water partition coefficient (Wildman–Crippen LogP) is 1.55. The first-order valence-electron chi connectivity index (χ1n) is 6.12. The topological polar surface area (TPSA) is 49.3 Å². The normalized spacial score (nSPS) is 24.6. The Balaban J connectivity index is 2.05. The molecule has 3 nitrogen and oxygen atoms in total. The number of hydrogen-bond acceptors (Lipinski definition) is 3. The maximum atomic E-state index is 11.2. The number of carbonyl (C=O) groups excluding carboxylic acids is 1. The van der Waals surface area contributed by atoms with E-state index in [0.717, 1.165) is 30.5 Å². The highest BCUT2D eigenvalue weighted by atomic mass is 16.3. The van der Waals surface area contributed by atoms with Gasteiger partial charge in [0.1, 0.15) is 0 Å². The molecule has 1 saturated heterocycles. The van der Waals surface area contributed by atoms with Gasteiger partial charge in [-0.2, -0.15) is 0 Å². The van der Waals surface area contributed by atoms with Crippen LogP contribution in [0.5, 0.6) is 0 Å². The monoisotopic (exact) mass is 233 g/mol. The summed E-state index contributed by atoms with van der Waals surface area (Å²) in [6.45, 7) is 3.21. The Morgan fingerprint density at radius 2 is 2.12 bits per heavy atom. The molecule has 0 radical (unpaired) electrons. The molecule has 0 aliphatic carbocycles. The van der Waals surface area contributed by atoms with Crippen LogP contribution < -0.4 is 5.32 Å². The number of β-amino-alcohol motifs (C(OH)–C–C–N with tert-alkyl or cyclic N) is 1. The van der Waals surface area contributed by atoms with Crippen molar-refractivity contribution in [2.45, 2.75) is 31.8 Å². The summed E-state index contributed by atoms with van der Waals surface area (Å²) in [6, 6.07) is 7.53. The summed E-state index contributed by atoms with van der Waals surface area (Å²) in [5, 5.41) is 13.6. The van der Waals surface area contributed by atoms with Crippen molar-refractivity contribution in [1.29, 1.82) is 0 Å². The van der Waals surface area contributed by atoms with E-state index in [2.05, 4.69) is 5.32 Å². The van der Waals surface area contributed by atoms with Crippen LogP contribution in [0, 0.1) is 0 Å². The Labute approximate surface area is 102 Å². The van der Waals surface area contributed by atoms with E-state index in [4.69, 9.17) is 0 Å². The number of aliphatic hydroxyl groups is 1. The molecule has 2 N–H and O–H groups in total. The van der Waals surface area contributed by atoms with Gasteiger partial charge in [0.25, 0.3) is 0 Å². The lowest BCUT2D eigenvalue weighted by Gasteiger charge is -2.32. The quantitative estimate of drug-likeness (QED) is 0.779. The molecule has 0 spiro atoms. The zero-order valence-electron chi connectivity index (χ0n) is 10.2. The third-order valence-electron chi connectivity index (χ3n) is 3.34. The Morgan fingerprint density at radius 1 is 1.41 bits per heavy atom. The fourth-order valence-electron chi connectivity index (χ4n) is 2.34. The van der Waals surface area contributed by atoms with E-state index < -0.39 is 5.60 Å². The van der Waals surface area contributed by atoms with Crippen molar-refractivity contribution in [2.75, 3.05) is 13.1 Å². The number of ketones is 1. The van der Waals surface area contributed by atoms with E-state index in [9.17, 15) is 9.90 Å². The van der Waals surface area contributed by atoms with Crippen molar-refractivity contribution in [2.24, 2.45) is 0 Å². The van der Waals surface area contributed by atoms with Gasteiger partial charge in [-0.3, -0.25) is 4.79 Å². The Bertz CT molecular complexity index is 391. The van der Waals surface area contributed by atoms with Gasteiger partial charge in [0.05, 0.1) is 5.60 Å². The smallest absolute Gasteiger partial charge is 0.159 e. The van der Waals surface area contributed by atoms with Gasteiger partial charge in [0.2, 0.25) is 0 Å². The van der Waals surface area contributed by atoms with Gasteiger partial charge in [-0.15, -0.1) is 0 Å². The highest BCUT2D eigenvalue weighted by Crippen LogP contribution is 2.21. The largest absolute Gasteiger partial charge is 0.388 e. The zero-order chi connectivity index (χ0) is 12.3. The number of hydrogen-bond donors (Lipinski definition) is 2. The third kappa shape index (κ3) is 3.14. The zero-order valence-corrected chi connectivity index (χ0v) is 10.2. The minimum absolute atomic E-state index is 0.0783. The first kappa shape index (κ1) is 12.3. The van der Waals surface area contributed by atoms with Crippen LogP contribution in [0.25, 0.3) is 0 Å². The van der Waals surface area contributed by atoms with Gasteiger partial charge in [-0.1, -0.05) is 24.3 Å². The first-order chi connectivity index (χ1) is 8.09. The van der Waals surface area contributed by atoms with Crippen LogP contribution in [-0.4, -0.2) is 29.6 Å². The van der Waals surface area contributed by atoms with Gasteiger partial charge in [0.15, 0.2) is 5.78 Å².